The fourth-order valence-corrected chi connectivity index (χ4v) is 3.38. The number of nitriles is 1. The number of aromatic nitrogens is 2. The highest BCUT2D eigenvalue weighted by atomic mass is 32.2. The summed E-state index contributed by atoms with van der Waals surface area (Å²) in [5.41, 5.74) is 5.09. The van der Waals surface area contributed by atoms with Crippen LogP contribution in [0.3, 0.4) is 0 Å². The maximum absolute atomic E-state index is 12.8. The van der Waals surface area contributed by atoms with Gasteiger partial charge in [0.1, 0.15) is 0 Å². The Morgan fingerprint density at radius 1 is 1.10 bits per heavy atom. The fourth-order valence-electron chi connectivity index (χ4n) is 2.74. The van der Waals surface area contributed by atoms with E-state index in [1.54, 1.807) is 4.90 Å². The number of nitrogens with zero attached hydrogens (tertiary/aromatic N) is 4. The normalized spacial score (nSPS) is 10.6. The van der Waals surface area contributed by atoms with Crippen molar-refractivity contribution in [2.45, 2.75) is 32.4 Å². The molecule has 0 aliphatic rings. The van der Waals surface area contributed by atoms with Crippen molar-refractivity contribution in [1.82, 2.24) is 10.2 Å². The lowest BCUT2D eigenvalue weighted by molar-refractivity contribution is -0.116. The maximum Gasteiger partial charge on any atom is 0.277 e. The molecule has 0 aliphatic carbocycles. The Morgan fingerprint density at radius 2 is 1.86 bits per heavy atom. The number of aryl methyl sites for hydroxylation is 3. The summed E-state index contributed by atoms with van der Waals surface area (Å²) in [6.45, 7) is 6.41. The Balaban J connectivity index is 1.68. The standard InChI is InChI=1S/C22H22N4O2S/c1-15-5-9-19(10-6-15)26(12-4-11-23)20(27)14-29-22-25-24-21(28-22)18-8-7-16(2)17(3)13-18/h5-10,13H,4,12,14H2,1-3H3. The second kappa shape index (κ2) is 9.39. The molecule has 0 N–H and O–H groups in total. The SMILES string of the molecule is Cc1ccc(N(CCC#N)C(=O)CSc2nnc(-c3ccc(C)c(C)c3)o2)cc1. The van der Waals surface area contributed by atoms with Crippen LogP contribution in [0.15, 0.2) is 52.1 Å². The number of benzene rings is 2. The van der Waals surface area contributed by atoms with Gasteiger partial charge in [0.05, 0.1) is 18.2 Å². The van der Waals surface area contributed by atoms with Gasteiger partial charge in [0.25, 0.3) is 5.22 Å². The number of hydrogen-bond donors (Lipinski definition) is 0. The van der Waals surface area contributed by atoms with Crippen LogP contribution < -0.4 is 4.90 Å². The van der Waals surface area contributed by atoms with E-state index in [1.165, 1.54) is 17.3 Å². The predicted octanol–water partition coefficient (Wildman–Crippen LogP) is 4.70. The van der Waals surface area contributed by atoms with Crippen molar-refractivity contribution in [2.24, 2.45) is 0 Å². The molecule has 3 aromatic rings. The molecule has 0 aliphatic heterocycles. The van der Waals surface area contributed by atoms with E-state index in [-0.39, 0.29) is 18.1 Å². The monoisotopic (exact) mass is 406 g/mol. The molecular weight excluding hydrogens is 384 g/mol. The second-order valence-corrected chi connectivity index (χ2v) is 7.68. The summed E-state index contributed by atoms with van der Waals surface area (Å²) < 4.78 is 5.71. The van der Waals surface area contributed by atoms with Gasteiger partial charge in [0.2, 0.25) is 11.8 Å². The summed E-state index contributed by atoms with van der Waals surface area (Å²) in [6.07, 6.45) is 0.266. The summed E-state index contributed by atoms with van der Waals surface area (Å²) in [6, 6.07) is 15.7. The molecule has 0 radical (unpaired) electrons. The van der Waals surface area contributed by atoms with Gasteiger partial charge in [0.15, 0.2) is 0 Å². The first-order valence-corrected chi connectivity index (χ1v) is 10.2. The van der Waals surface area contributed by atoms with Gasteiger partial charge < -0.3 is 9.32 Å². The van der Waals surface area contributed by atoms with E-state index >= 15 is 0 Å². The lowest BCUT2D eigenvalue weighted by atomic mass is 10.1. The van der Waals surface area contributed by atoms with Crippen molar-refractivity contribution in [3.63, 3.8) is 0 Å². The quantitative estimate of drug-likeness (QED) is 0.529. The third kappa shape index (κ3) is 5.24. The molecule has 0 saturated carbocycles. The summed E-state index contributed by atoms with van der Waals surface area (Å²) in [4.78, 5) is 14.4. The third-order valence-corrected chi connectivity index (χ3v) is 5.38. The van der Waals surface area contributed by atoms with Crippen LogP contribution in [-0.2, 0) is 4.79 Å². The van der Waals surface area contributed by atoms with Crippen molar-refractivity contribution in [3.05, 3.63) is 59.2 Å². The molecule has 0 saturated heterocycles. The minimum atomic E-state index is -0.111. The van der Waals surface area contributed by atoms with Gasteiger partial charge in [-0.05, 0) is 56.2 Å². The molecule has 0 unspecified atom stereocenters. The van der Waals surface area contributed by atoms with Crippen LogP contribution in [0.4, 0.5) is 5.69 Å². The third-order valence-electron chi connectivity index (χ3n) is 4.57. The largest absolute Gasteiger partial charge is 0.411 e. The van der Waals surface area contributed by atoms with E-state index in [2.05, 4.69) is 16.3 Å². The van der Waals surface area contributed by atoms with Crippen molar-refractivity contribution >= 4 is 23.4 Å². The van der Waals surface area contributed by atoms with E-state index in [0.717, 1.165) is 22.4 Å². The Kier molecular flexibility index (Phi) is 6.68. The van der Waals surface area contributed by atoms with Crippen LogP contribution in [0.1, 0.15) is 23.1 Å². The number of carbonyl (C=O) groups is 1. The highest BCUT2D eigenvalue weighted by Crippen LogP contribution is 2.25. The highest BCUT2D eigenvalue weighted by Gasteiger charge is 2.18. The number of rotatable bonds is 7. The Labute approximate surface area is 174 Å². The first-order chi connectivity index (χ1) is 14.0. The van der Waals surface area contributed by atoms with Crippen LogP contribution in [0.2, 0.25) is 0 Å². The van der Waals surface area contributed by atoms with Gasteiger partial charge >= 0.3 is 0 Å². The molecule has 3 rings (SSSR count). The lowest BCUT2D eigenvalue weighted by Crippen LogP contribution is -2.33. The molecular formula is C22H22N4O2S. The van der Waals surface area contributed by atoms with Gasteiger partial charge in [0, 0.05) is 17.8 Å². The van der Waals surface area contributed by atoms with Gasteiger partial charge in [-0.15, -0.1) is 10.2 Å². The van der Waals surface area contributed by atoms with Crippen molar-refractivity contribution in [3.8, 4) is 17.5 Å². The molecule has 1 heterocycles. The highest BCUT2D eigenvalue weighted by molar-refractivity contribution is 7.99. The van der Waals surface area contributed by atoms with Crippen molar-refractivity contribution in [2.75, 3.05) is 17.2 Å². The second-order valence-electron chi connectivity index (χ2n) is 6.75. The zero-order valence-electron chi connectivity index (χ0n) is 16.7. The number of hydrogen-bond acceptors (Lipinski definition) is 6. The molecule has 148 valence electrons. The summed E-state index contributed by atoms with van der Waals surface area (Å²) in [7, 11) is 0. The zero-order valence-corrected chi connectivity index (χ0v) is 17.5. The molecule has 2 aromatic carbocycles. The zero-order chi connectivity index (χ0) is 20.8. The van der Waals surface area contributed by atoms with Gasteiger partial charge in [-0.1, -0.05) is 35.5 Å². The minimum absolute atomic E-state index is 0.111. The lowest BCUT2D eigenvalue weighted by Gasteiger charge is -2.21. The fraction of sp³-hybridized carbons (Fsp3) is 0.273. The van der Waals surface area contributed by atoms with Crippen molar-refractivity contribution in [1.29, 1.82) is 5.26 Å². The van der Waals surface area contributed by atoms with Crippen LogP contribution in [-0.4, -0.2) is 28.4 Å². The smallest absolute Gasteiger partial charge is 0.277 e. The van der Waals surface area contributed by atoms with Crippen LogP contribution >= 0.6 is 11.8 Å². The Hall–Kier alpha value is -3.11. The van der Waals surface area contributed by atoms with E-state index in [1.807, 2.05) is 63.2 Å². The van der Waals surface area contributed by atoms with Crippen molar-refractivity contribution < 1.29 is 9.21 Å². The molecule has 0 fully saturated rings. The molecule has 6 nitrogen and oxygen atoms in total. The first kappa shape index (κ1) is 20.6. The molecule has 1 aromatic heterocycles. The van der Waals surface area contributed by atoms with Gasteiger partial charge in [-0.3, -0.25) is 4.79 Å². The first-order valence-electron chi connectivity index (χ1n) is 9.26. The molecule has 7 heteroatoms. The Morgan fingerprint density at radius 3 is 2.55 bits per heavy atom. The van der Waals surface area contributed by atoms with E-state index < -0.39 is 0 Å². The van der Waals surface area contributed by atoms with E-state index in [9.17, 15) is 4.79 Å². The molecule has 0 atom stereocenters. The average molecular weight is 407 g/mol. The Bertz CT molecular complexity index is 1040. The van der Waals surface area contributed by atoms with Crippen LogP contribution in [0.5, 0.6) is 0 Å². The topological polar surface area (TPSA) is 83.0 Å². The van der Waals surface area contributed by atoms with Gasteiger partial charge in [-0.2, -0.15) is 5.26 Å². The predicted molar refractivity (Wildman–Crippen MR) is 114 cm³/mol. The van der Waals surface area contributed by atoms with Crippen LogP contribution in [0.25, 0.3) is 11.5 Å². The molecule has 1 amide bonds. The molecule has 29 heavy (non-hydrogen) atoms. The maximum atomic E-state index is 12.8. The number of amides is 1. The number of thioether (sulfide) groups is 1. The molecule has 0 bridgehead atoms. The number of carbonyl (C=O) groups excluding carboxylic acids is 1. The summed E-state index contributed by atoms with van der Waals surface area (Å²) in [5.74, 6) is 0.469. The summed E-state index contributed by atoms with van der Waals surface area (Å²) in [5, 5.41) is 17.4. The average Bonchev–Trinajstić information content (AvgIpc) is 3.19. The van der Waals surface area contributed by atoms with E-state index in [0.29, 0.717) is 17.7 Å². The number of anilines is 1. The minimum Gasteiger partial charge on any atom is -0.411 e. The van der Waals surface area contributed by atoms with Crippen LogP contribution in [0, 0.1) is 32.1 Å². The van der Waals surface area contributed by atoms with Gasteiger partial charge in [-0.25, -0.2) is 0 Å². The van der Waals surface area contributed by atoms with E-state index in [4.69, 9.17) is 9.68 Å². The summed E-state index contributed by atoms with van der Waals surface area (Å²) >= 11 is 1.20. The molecule has 0 spiro atoms.